The van der Waals surface area contributed by atoms with E-state index in [4.69, 9.17) is 10.7 Å². The Kier molecular flexibility index (Phi) is 4.21. The summed E-state index contributed by atoms with van der Waals surface area (Å²) in [6, 6.07) is 22.6. The van der Waals surface area contributed by atoms with Gasteiger partial charge < -0.3 is 10.8 Å². The molecule has 3 N–H and O–H groups in total. The minimum Gasteiger partial charge on any atom is -0.390 e. The van der Waals surface area contributed by atoms with Crippen LogP contribution in [0, 0.1) is 6.92 Å². The summed E-state index contributed by atoms with van der Waals surface area (Å²) in [5.74, 6) is 0. The Morgan fingerprint density at radius 3 is 2.39 bits per heavy atom. The first-order valence-corrected chi connectivity index (χ1v) is 11.2. The number of hydrogen-bond acceptors (Lipinski definition) is 5. The lowest BCUT2D eigenvalue weighted by molar-refractivity contribution is -0.0738. The van der Waals surface area contributed by atoms with Crippen LogP contribution in [-0.2, 0) is 5.54 Å². The number of pyridine rings is 1. The summed E-state index contributed by atoms with van der Waals surface area (Å²) in [4.78, 5) is 9.66. The molecule has 6 rings (SSSR count). The summed E-state index contributed by atoms with van der Waals surface area (Å²) < 4.78 is 1.81. The molecule has 2 aromatic carbocycles. The van der Waals surface area contributed by atoms with Crippen molar-refractivity contribution in [2.75, 3.05) is 0 Å². The van der Waals surface area contributed by atoms with Gasteiger partial charge in [0.25, 0.3) is 0 Å². The maximum atomic E-state index is 10.2. The average Bonchev–Trinajstić information content (AvgIpc) is 3.18. The van der Waals surface area contributed by atoms with Crippen LogP contribution in [0.4, 0.5) is 0 Å². The topological polar surface area (TPSA) is 89.3 Å². The van der Waals surface area contributed by atoms with E-state index in [0.717, 1.165) is 50.3 Å². The van der Waals surface area contributed by atoms with Gasteiger partial charge >= 0.3 is 0 Å². The number of aryl methyl sites for hydroxylation is 1. The fraction of sp³-hybridized carbons (Fsp3) is 0.222. The molecule has 6 nitrogen and oxygen atoms in total. The summed E-state index contributed by atoms with van der Waals surface area (Å²) in [6.45, 7) is 3.79. The van der Waals surface area contributed by atoms with Crippen LogP contribution < -0.4 is 5.73 Å². The molecule has 6 heteroatoms. The first-order chi connectivity index (χ1) is 15.8. The standard InChI is InChI=1S/C27H25N5O/c1-17-12-23-29-14-20-13-22(18-6-4-3-5-7-18)24(30-25(20)32(23)31-17)19-8-10-21(11-9-19)27(28)15-26(2,33)16-27/h3-14,33H,15-16,28H2,1-2H3. The molecule has 5 aromatic rings. The second-order valence-corrected chi connectivity index (χ2v) is 9.56. The van der Waals surface area contributed by atoms with E-state index in [1.165, 1.54) is 0 Å². The molecule has 33 heavy (non-hydrogen) atoms. The molecule has 0 aliphatic heterocycles. The molecule has 0 unspecified atom stereocenters. The van der Waals surface area contributed by atoms with Crippen molar-refractivity contribution in [2.45, 2.75) is 37.8 Å². The van der Waals surface area contributed by atoms with Crippen LogP contribution in [0.15, 0.2) is 72.9 Å². The van der Waals surface area contributed by atoms with Crippen molar-refractivity contribution in [3.8, 4) is 22.4 Å². The number of nitrogens with zero attached hydrogens (tertiary/aromatic N) is 4. The Hall–Kier alpha value is -3.61. The van der Waals surface area contributed by atoms with Crippen LogP contribution in [0.2, 0.25) is 0 Å². The SMILES string of the molecule is Cc1cc2ncc3cc(-c4ccccc4)c(-c4ccc(C5(N)CC(C)(O)C5)cc4)nc3n2n1. The van der Waals surface area contributed by atoms with Gasteiger partial charge in [-0.25, -0.2) is 9.97 Å². The molecule has 0 atom stereocenters. The van der Waals surface area contributed by atoms with E-state index in [-0.39, 0.29) is 0 Å². The molecule has 1 aliphatic carbocycles. The van der Waals surface area contributed by atoms with Crippen LogP contribution in [0.5, 0.6) is 0 Å². The maximum absolute atomic E-state index is 10.2. The Balaban J connectivity index is 1.53. The fourth-order valence-corrected chi connectivity index (χ4v) is 5.18. The molecule has 0 radical (unpaired) electrons. The highest BCUT2D eigenvalue weighted by atomic mass is 16.3. The molecule has 0 saturated heterocycles. The van der Waals surface area contributed by atoms with Crippen molar-refractivity contribution < 1.29 is 5.11 Å². The lowest BCUT2D eigenvalue weighted by Gasteiger charge is -2.49. The van der Waals surface area contributed by atoms with Crippen molar-refractivity contribution >= 4 is 16.7 Å². The van der Waals surface area contributed by atoms with Gasteiger partial charge in [0, 0.05) is 34.3 Å². The van der Waals surface area contributed by atoms with Crippen LogP contribution >= 0.6 is 0 Å². The molecule has 1 aliphatic rings. The third kappa shape index (κ3) is 3.30. The quantitative estimate of drug-likeness (QED) is 0.432. The zero-order valence-electron chi connectivity index (χ0n) is 18.7. The van der Waals surface area contributed by atoms with E-state index < -0.39 is 11.1 Å². The minimum atomic E-state index is -0.685. The van der Waals surface area contributed by atoms with E-state index in [2.05, 4.69) is 52.5 Å². The second-order valence-electron chi connectivity index (χ2n) is 9.56. The highest BCUT2D eigenvalue weighted by Gasteiger charge is 2.49. The molecule has 0 bridgehead atoms. The van der Waals surface area contributed by atoms with Gasteiger partial charge in [0.05, 0.1) is 17.0 Å². The van der Waals surface area contributed by atoms with E-state index in [0.29, 0.717) is 12.8 Å². The summed E-state index contributed by atoms with van der Waals surface area (Å²) in [5, 5.41) is 15.7. The third-order valence-corrected chi connectivity index (χ3v) is 6.59. The highest BCUT2D eigenvalue weighted by molar-refractivity contribution is 5.90. The number of rotatable bonds is 3. The van der Waals surface area contributed by atoms with Crippen molar-refractivity contribution in [1.29, 1.82) is 0 Å². The maximum Gasteiger partial charge on any atom is 0.165 e. The van der Waals surface area contributed by atoms with Crippen molar-refractivity contribution in [3.63, 3.8) is 0 Å². The molecule has 3 aromatic heterocycles. The Morgan fingerprint density at radius 2 is 1.70 bits per heavy atom. The number of hydrogen-bond donors (Lipinski definition) is 2. The van der Waals surface area contributed by atoms with E-state index in [9.17, 15) is 5.11 Å². The summed E-state index contributed by atoms with van der Waals surface area (Å²) in [7, 11) is 0. The first kappa shape index (κ1) is 20.0. The lowest BCUT2D eigenvalue weighted by Crippen LogP contribution is -2.58. The molecule has 3 heterocycles. The molecule has 164 valence electrons. The smallest absolute Gasteiger partial charge is 0.165 e. The Bertz CT molecular complexity index is 1500. The number of aromatic nitrogens is 4. The zero-order valence-corrected chi connectivity index (χ0v) is 18.7. The first-order valence-electron chi connectivity index (χ1n) is 11.2. The van der Waals surface area contributed by atoms with Crippen LogP contribution in [-0.4, -0.2) is 30.3 Å². The highest BCUT2D eigenvalue weighted by Crippen LogP contribution is 2.46. The average molecular weight is 436 g/mol. The second kappa shape index (κ2) is 6.94. The number of fused-ring (bicyclic) bond motifs is 3. The monoisotopic (exact) mass is 435 g/mol. The van der Waals surface area contributed by atoms with Crippen molar-refractivity contribution in [3.05, 3.63) is 84.2 Å². The summed E-state index contributed by atoms with van der Waals surface area (Å²) >= 11 is 0. The molecule has 1 saturated carbocycles. The van der Waals surface area contributed by atoms with Crippen LogP contribution in [0.25, 0.3) is 39.1 Å². The lowest BCUT2D eigenvalue weighted by atomic mass is 9.63. The molecule has 0 amide bonds. The van der Waals surface area contributed by atoms with Gasteiger partial charge in [-0.2, -0.15) is 9.61 Å². The molecular formula is C27H25N5O. The van der Waals surface area contributed by atoms with E-state index in [1.807, 2.05) is 48.8 Å². The largest absolute Gasteiger partial charge is 0.390 e. The minimum absolute atomic E-state index is 0.481. The predicted molar refractivity (Wildman–Crippen MR) is 130 cm³/mol. The van der Waals surface area contributed by atoms with Crippen LogP contribution in [0.1, 0.15) is 31.0 Å². The number of nitrogens with two attached hydrogens (primary N) is 1. The Labute approximate surface area is 191 Å². The van der Waals surface area contributed by atoms with Crippen molar-refractivity contribution in [1.82, 2.24) is 19.6 Å². The van der Waals surface area contributed by atoms with E-state index in [1.54, 1.807) is 0 Å². The zero-order chi connectivity index (χ0) is 22.8. The fourth-order valence-electron chi connectivity index (χ4n) is 5.18. The molecule has 1 fully saturated rings. The van der Waals surface area contributed by atoms with Gasteiger partial charge in [-0.05, 0) is 43.9 Å². The number of benzene rings is 2. The summed E-state index contributed by atoms with van der Waals surface area (Å²) in [6.07, 6.45) is 2.98. The Morgan fingerprint density at radius 1 is 0.970 bits per heavy atom. The number of aliphatic hydroxyl groups is 1. The van der Waals surface area contributed by atoms with Gasteiger partial charge in [-0.3, -0.25) is 0 Å². The van der Waals surface area contributed by atoms with Gasteiger partial charge in [0.15, 0.2) is 11.3 Å². The normalized spacial score (nSPS) is 22.5. The van der Waals surface area contributed by atoms with Gasteiger partial charge in [0.2, 0.25) is 0 Å². The van der Waals surface area contributed by atoms with Crippen molar-refractivity contribution in [2.24, 2.45) is 5.73 Å². The summed E-state index contributed by atoms with van der Waals surface area (Å²) in [5.41, 5.74) is 12.9. The van der Waals surface area contributed by atoms with Gasteiger partial charge in [-0.1, -0.05) is 54.6 Å². The van der Waals surface area contributed by atoms with Crippen LogP contribution in [0.3, 0.4) is 0 Å². The third-order valence-electron chi connectivity index (χ3n) is 6.59. The van der Waals surface area contributed by atoms with Gasteiger partial charge in [-0.15, -0.1) is 0 Å². The molecular weight excluding hydrogens is 410 g/mol. The van der Waals surface area contributed by atoms with E-state index >= 15 is 0 Å². The van der Waals surface area contributed by atoms with Gasteiger partial charge in [0.1, 0.15) is 0 Å². The molecule has 0 spiro atoms. The predicted octanol–water partition coefficient (Wildman–Crippen LogP) is 4.62.